The summed E-state index contributed by atoms with van der Waals surface area (Å²) in [4.78, 5) is 32.7. The maximum Gasteiger partial charge on any atom is 0.328 e. The maximum absolute atomic E-state index is 13.1. The van der Waals surface area contributed by atoms with Crippen LogP contribution in [-0.4, -0.2) is 33.9 Å². The number of allylic oxidation sites excluding steroid dienone is 8. The molecule has 0 unspecified atom stereocenters. The summed E-state index contributed by atoms with van der Waals surface area (Å²) in [6, 6.07) is 15.4. The SMILES string of the molecule is C=C(/C=C\C(=C\C(=O)O)C(=C)/C(=C\C=C\Cl)c1nc2ccc(OC)cc2[nH]1)C(=O)C[C@H](CCC)c1ccccc1. The van der Waals surface area contributed by atoms with E-state index in [0.717, 1.165) is 30.0 Å². The van der Waals surface area contributed by atoms with E-state index in [1.807, 2.05) is 42.5 Å². The Morgan fingerprint density at radius 2 is 1.90 bits per heavy atom. The summed E-state index contributed by atoms with van der Waals surface area (Å²) in [6.45, 7) is 10.2. The highest BCUT2D eigenvalue weighted by molar-refractivity contribution is 6.25. The predicted octanol–water partition coefficient (Wildman–Crippen LogP) is 7.93. The number of imidazole rings is 1. The number of ketones is 1. The van der Waals surface area contributed by atoms with E-state index in [1.165, 1.54) is 17.7 Å². The number of nitrogens with zero attached hydrogens (tertiary/aromatic N) is 1. The van der Waals surface area contributed by atoms with Crippen molar-refractivity contribution >= 4 is 40.0 Å². The second-order valence-electron chi connectivity index (χ2n) is 9.17. The molecule has 1 atom stereocenters. The smallest absolute Gasteiger partial charge is 0.328 e. The molecule has 1 heterocycles. The summed E-state index contributed by atoms with van der Waals surface area (Å²) in [7, 11) is 1.58. The molecule has 1 aromatic heterocycles. The Morgan fingerprint density at radius 1 is 1.15 bits per heavy atom. The van der Waals surface area contributed by atoms with Gasteiger partial charge >= 0.3 is 5.97 Å². The fourth-order valence-corrected chi connectivity index (χ4v) is 4.39. The topological polar surface area (TPSA) is 92.3 Å². The molecule has 0 radical (unpaired) electrons. The normalized spacial score (nSPS) is 13.2. The third kappa shape index (κ3) is 8.04. The predicted molar refractivity (Wildman–Crippen MR) is 162 cm³/mol. The Bertz CT molecular complexity index is 1510. The van der Waals surface area contributed by atoms with Gasteiger partial charge in [0.1, 0.15) is 11.6 Å². The van der Waals surface area contributed by atoms with Crippen molar-refractivity contribution in [1.29, 1.82) is 0 Å². The molecule has 3 rings (SSSR count). The summed E-state index contributed by atoms with van der Waals surface area (Å²) in [5.74, 6) is -0.0552. The van der Waals surface area contributed by atoms with Crippen molar-refractivity contribution in [2.45, 2.75) is 32.1 Å². The number of H-pyrrole nitrogens is 1. The van der Waals surface area contributed by atoms with Gasteiger partial charge in [0.05, 0.1) is 18.1 Å². The van der Waals surface area contributed by atoms with E-state index < -0.39 is 5.97 Å². The fraction of sp³-hybridized carbons (Fsp3) is 0.182. The van der Waals surface area contributed by atoms with E-state index in [-0.39, 0.29) is 22.8 Å². The van der Waals surface area contributed by atoms with Crippen LogP contribution in [-0.2, 0) is 9.59 Å². The quantitative estimate of drug-likeness (QED) is 0.155. The second kappa shape index (κ2) is 14.7. The molecule has 0 spiro atoms. The number of carbonyl (C=O) groups excluding carboxylic acids is 1. The standard InChI is InChI=1S/C33H33ClN2O4/c1-5-10-26(24-11-7-6-8-12-24)19-31(37)22(2)14-15-25(20-32(38)39)23(3)28(13-9-18-34)33-35-29-17-16-27(40-4)21-30(29)36-33/h6-9,11-18,20-21,26H,2-3,5,10,19H2,1,4H3,(H,35,36)(H,38,39)/b15-14-,18-9+,25-20-,28-13+/t26-/m0/s1. The van der Waals surface area contributed by atoms with Crippen molar-refractivity contribution in [3.05, 3.63) is 126 Å². The third-order valence-electron chi connectivity index (χ3n) is 6.39. The number of rotatable bonds is 14. The van der Waals surface area contributed by atoms with Gasteiger partial charge in [0.25, 0.3) is 0 Å². The highest BCUT2D eigenvalue weighted by atomic mass is 35.5. The molecule has 40 heavy (non-hydrogen) atoms. The third-order valence-corrected chi connectivity index (χ3v) is 6.54. The summed E-state index contributed by atoms with van der Waals surface area (Å²) in [6.07, 6.45) is 9.52. The van der Waals surface area contributed by atoms with E-state index in [0.29, 0.717) is 34.7 Å². The van der Waals surface area contributed by atoms with E-state index >= 15 is 0 Å². The molecule has 2 N–H and O–H groups in total. The van der Waals surface area contributed by atoms with Crippen molar-refractivity contribution in [2.75, 3.05) is 7.11 Å². The molecule has 0 saturated carbocycles. The van der Waals surface area contributed by atoms with Crippen LogP contribution in [0, 0.1) is 0 Å². The van der Waals surface area contributed by atoms with Gasteiger partial charge in [-0.3, -0.25) is 4.79 Å². The second-order valence-corrected chi connectivity index (χ2v) is 9.42. The number of benzene rings is 2. The average Bonchev–Trinajstić information content (AvgIpc) is 3.38. The van der Waals surface area contributed by atoms with Crippen molar-refractivity contribution in [3.8, 4) is 5.75 Å². The van der Waals surface area contributed by atoms with E-state index in [4.69, 9.17) is 16.3 Å². The van der Waals surface area contributed by atoms with Gasteiger partial charge in [0.15, 0.2) is 5.78 Å². The molecule has 0 aliphatic heterocycles. The Hall–Kier alpha value is -4.42. The summed E-state index contributed by atoms with van der Waals surface area (Å²) < 4.78 is 5.29. The lowest BCUT2D eigenvalue weighted by Gasteiger charge is -2.16. The van der Waals surface area contributed by atoms with E-state index in [1.54, 1.807) is 25.3 Å². The summed E-state index contributed by atoms with van der Waals surface area (Å²) >= 11 is 5.79. The van der Waals surface area contributed by atoms with Crippen molar-refractivity contribution in [2.24, 2.45) is 0 Å². The first kappa shape index (κ1) is 30.1. The highest BCUT2D eigenvalue weighted by Crippen LogP contribution is 2.30. The van der Waals surface area contributed by atoms with Crippen molar-refractivity contribution in [1.82, 2.24) is 9.97 Å². The van der Waals surface area contributed by atoms with E-state index in [2.05, 4.69) is 30.0 Å². The van der Waals surface area contributed by atoms with Gasteiger partial charge in [-0.2, -0.15) is 0 Å². The number of nitrogens with one attached hydrogen (secondary N) is 1. The Morgan fingerprint density at radius 3 is 2.55 bits per heavy atom. The zero-order valence-electron chi connectivity index (χ0n) is 22.7. The minimum absolute atomic E-state index is 0.0800. The Kier molecular flexibility index (Phi) is 11.0. The number of carbonyl (C=O) groups is 2. The van der Waals surface area contributed by atoms with Crippen LogP contribution < -0.4 is 4.74 Å². The van der Waals surface area contributed by atoms with Crippen LogP contribution in [0.15, 0.2) is 114 Å². The van der Waals surface area contributed by atoms with Crippen LogP contribution in [0.2, 0.25) is 0 Å². The van der Waals surface area contributed by atoms with Crippen LogP contribution in [0.1, 0.15) is 43.5 Å². The molecule has 0 fully saturated rings. The molecule has 0 aliphatic carbocycles. The lowest BCUT2D eigenvalue weighted by Crippen LogP contribution is -2.08. The number of aliphatic carboxylic acids is 1. The summed E-state index contributed by atoms with van der Waals surface area (Å²) in [5, 5.41) is 9.58. The first-order valence-corrected chi connectivity index (χ1v) is 13.3. The maximum atomic E-state index is 13.1. The largest absolute Gasteiger partial charge is 0.497 e. The van der Waals surface area contributed by atoms with Gasteiger partial charge in [-0.1, -0.05) is 86.7 Å². The number of ether oxygens (including phenoxy) is 1. The Labute approximate surface area is 239 Å². The van der Waals surface area contributed by atoms with Crippen LogP contribution in [0.5, 0.6) is 5.75 Å². The van der Waals surface area contributed by atoms with Gasteiger partial charge in [0, 0.05) is 35.2 Å². The lowest BCUT2D eigenvalue weighted by molar-refractivity contribution is -0.131. The van der Waals surface area contributed by atoms with Crippen LogP contribution in [0.3, 0.4) is 0 Å². The number of aromatic amines is 1. The van der Waals surface area contributed by atoms with Crippen LogP contribution in [0.25, 0.3) is 16.6 Å². The zero-order chi connectivity index (χ0) is 29.1. The molecule has 206 valence electrons. The van der Waals surface area contributed by atoms with Gasteiger partial charge in [-0.05, 0) is 47.3 Å². The monoisotopic (exact) mass is 556 g/mol. The molecule has 0 bridgehead atoms. The minimum Gasteiger partial charge on any atom is -0.497 e. The lowest BCUT2D eigenvalue weighted by atomic mass is 9.88. The van der Waals surface area contributed by atoms with Gasteiger partial charge in [0.2, 0.25) is 0 Å². The number of hydrogen-bond donors (Lipinski definition) is 2. The molecule has 6 nitrogen and oxygen atoms in total. The average molecular weight is 557 g/mol. The van der Waals surface area contributed by atoms with Crippen molar-refractivity contribution in [3.63, 3.8) is 0 Å². The molecule has 2 aromatic carbocycles. The molecule has 7 heteroatoms. The first-order chi connectivity index (χ1) is 19.3. The highest BCUT2D eigenvalue weighted by Gasteiger charge is 2.18. The zero-order valence-corrected chi connectivity index (χ0v) is 23.4. The van der Waals surface area contributed by atoms with Gasteiger partial charge in [-0.25, -0.2) is 9.78 Å². The molecular formula is C33H33ClN2O4. The van der Waals surface area contributed by atoms with E-state index in [9.17, 15) is 14.7 Å². The first-order valence-electron chi connectivity index (χ1n) is 12.9. The molecule has 0 amide bonds. The minimum atomic E-state index is -1.16. The Balaban J connectivity index is 1.89. The number of methoxy groups -OCH3 is 1. The molecular weight excluding hydrogens is 524 g/mol. The van der Waals surface area contributed by atoms with Crippen LogP contribution in [0.4, 0.5) is 0 Å². The fourth-order valence-electron chi connectivity index (χ4n) is 4.32. The van der Waals surface area contributed by atoms with Crippen molar-refractivity contribution < 1.29 is 19.4 Å². The number of halogens is 1. The number of hydrogen-bond acceptors (Lipinski definition) is 4. The number of aromatic nitrogens is 2. The number of Topliss-reactive ketones (excluding diaryl/α,β-unsaturated/α-hetero) is 1. The summed E-state index contributed by atoms with van der Waals surface area (Å²) in [5.41, 5.74) is 5.32. The molecule has 0 aliphatic rings. The van der Waals surface area contributed by atoms with Gasteiger partial charge in [-0.15, -0.1) is 0 Å². The molecule has 0 saturated heterocycles. The number of carboxylic acids is 1. The number of fused-ring (bicyclic) bond motifs is 1. The molecule has 3 aromatic rings. The van der Waals surface area contributed by atoms with Gasteiger partial charge < -0.3 is 14.8 Å². The number of carboxylic acid groups (broad SMARTS) is 1. The van der Waals surface area contributed by atoms with Crippen LogP contribution >= 0.6 is 11.6 Å².